The maximum Gasteiger partial charge on any atom is 0.277 e. The van der Waals surface area contributed by atoms with Crippen LogP contribution in [0.1, 0.15) is 89.0 Å². The Bertz CT molecular complexity index is 1210. The number of nitrogens with one attached hydrogen (secondary N) is 1. The third-order valence-electron chi connectivity index (χ3n) is 11.4. The van der Waals surface area contributed by atoms with Crippen LogP contribution in [0, 0.1) is 40.4 Å². The van der Waals surface area contributed by atoms with Gasteiger partial charge in [0.25, 0.3) is 5.91 Å². The number of aromatic nitrogens is 3. The van der Waals surface area contributed by atoms with Gasteiger partial charge in [-0.15, -0.1) is 5.10 Å². The van der Waals surface area contributed by atoms with Crippen LogP contribution in [-0.4, -0.2) is 37.4 Å². The maximum atomic E-state index is 13.6. The highest BCUT2D eigenvalue weighted by Gasteiger charge is 2.61. The molecule has 0 unspecified atom stereocenters. The van der Waals surface area contributed by atoms with Gasteiger partial charge in [0.2, 0.25) is 0 Å². The first kappa shape index (κ1) is 25.7. The molecule has 1 aromatic heterocycles. The Morgan fingerprint density at radius 3 is 2.53 bits per heavy atom. The molecule has 38 heavy (non-hydrogen) atoms. The third-order valence-corrected chi connectivity index (χ3v) is 11.4. The van der Waals surface area contributed by atoms with E-state index in [1.807, 2.05) is 37.3 Å². The summed E-state index contributed by atoms with van der Waals surface area (Å²) < 4.78 is 0. The first-order chi connectivity index (χ1) is 18.1. The Morgan fingerprint density at radius 1 is 0.974 bits per heavy atom. The predicted octanol–water partition coefficient (Wildman–Crippen LogP) is 5.51. The highest BCUT2D eigenvalue weighted by Crippen LogP contribution is 2.68. The van der Waals surface area contributed by atoms with Crippen LogP contribution >= 0.6 is 0 Å². The van der Waals surface area contributed by atoms with Gasteiger partial charge in [0.1, 0.15) is 6.54 Å². The van der Waals surface area contributed by atoms with E-state index in [2.05, 4.69) is 29.4 Å². The number of benzene rings is 1. The minimum atomic E-state index is -0.506. The number of hydrogen-bond acceptors (Lipinski definition) is 5. The molecular weight excluding hydrogens is 476 g/mol. The van der Waals surface area contributed by atoms with Crippen molar-refractivity contribution in [2.45, 2.75) is 90.7 Å². The summed E-state index contributed by atoms with van der Waals surface area (Å²) in [7, 11) is 0. The Morgan fingerprint density at radius 2 is 1.74 bits per heavy atom. The molecule has 0 bridgehead atoms. The van der Waals surface area contributed by atoms with Gasteiger partial charge in [-0.05, 0) is 111 Å². The van der Waals surface area contributed by atoms with Gasteiger partial charge < -0.3 is 10.4 Å². The number of anilines is 1. The second-order valence-corrected chi connectivity index (χ2v) is 13.6. The molecular formula is C31H42N4O3. The molecule has 1 heterocycles. The van der Waals surface area contributed by atoms with Crippen molar-refractivity contribution in [2.24, 2.45) is 40.4 Å². The summed E-state index contributed by atoms with van der Waals surface area (Å²) in [6.45, 7) is 7.03. The summed E-state index contributed by atoms with van der Waals surface area (Å²) in [6, 6.07) is 9.26. The highest BCUT2D eigenvalue weighted by atomic mass is 16.3. The fourth-order valence-corrected chi connectivity index (χ4v) is 9.40. The van der Waals surface area contributed by atoms with Crippen LogP contribution in [-0.2, 0) is 11.3 Å². The smallest absolute Gasteiger partial charge is 0.277 e. The van der Waals surface area contributed by atoms with Crippen molar-refractivity contribution >= 4 is 17.4 Å². The van der Waals surface area contributed by atoms with E-state index in [-0.39, 0.29) is 35.3 Å². The molecule has 1 amide bonds. The van der Waals surface area contributed by atoms with Crippen molar-refractivity contribution in [3.63, 3.8) is 0 Å². The first-order valence-electron chi connectivity index (χ1n) is 14.6. The molecule has 8 atom stereocenters. The first-order valence-corrected chi connectivity index (χ1v) is 14.6. The van der Waals surface area contributed by atoms with Crippen LogP contribution < -0.4 is 5.32 Å². The zero-order chi connectivity index (χ0) is 26.7. The molecule has 2 N–H and O–H groups in total. The topological polar surface area (TPSA) is 97.1 Å². The van der Waals surface area contributed by atoms with E-state index in [1.165, 1.54) is 30.3 Å². The summed E-state index contributed by atoms with van der Waals surface area (Å²) >= 11 is 0. The number of amides is 1. The summed E-state index contributed by atoms with van der Waals surface area (Å²) in [5.74, 6) is 2.51. The fourth-order valence-electron chi connectivity index (χ4n) is 9.40. The molecule has 7 nitrogen and oxygen atoms in total. The van der Waals surface area contributed by atoms with E-state index in [0.29, 0.717) is 34.8 Å². The predicted molar refractivity (Wildman–Crippen MR) is 145 cm³/mol. The molecule has 204 valence electrons. The van der Waals surface area contributed by atoms with E-state index in [1.54, 1.807) is 0 Å². The van der Waals surface area contributed by atoms with Crippen molar-refractivity contribution in [2.75, 3.05) is 5.32 Å². The lowest BCUT2D eigenvalue weighted by Crippen LogP contribution is -2.55. The number of rotatable bonds is 5. The van der Waals surface area contributed by atoms with Crippen molar-refractivity contribution in [3.05, 3.63) is 42.2 Å². The minimum absolute atomic E-state index is 0.0265. The monoisotopic (exact) mass is 518 g/mol. The number of carbonyl (C=O) groups is 2. The molecule has 2 aromatic rings. The Labute approximate surface area is 225 Å². The number of ketones is 1. The standard InChI is InChI=1S/C31H42N4O3/c1-29(38)15-16-30(2)20(17-29)9-10-22-23-11-12-25(31(23,3)14-13-24(22)30)27(36)19-35-32-18-26(34-35)28(37)33-21-7-5-4-6-8-21/h4-8,18,20,22-25,38H,9-17,19H2,1-3H3,(H,33,37)/t20-,22+,23+,24+,25-,29-,30+,31+/m1/s1. The second kappa shape index (κ2) is 9.29. The highest BCUT2D eigenvalue weighted by molar-refractivity contribution is 6.02. The zero-order valence-electron chi connectivity index (χ0n) is 23.0. The number of aliphatic hydroxyl groups is 1. The Hall–Kier alpha value is -2.54. The van der Waals surface area contributed by atoms with Gasteiger partial charge in [-0.1, -0.05) is 32.0 Å². The van der Waals surface area contributed by atoms with E-state index in [9.17, 15) is 14.7 Å². The second-order valence-electron chi connectivity index (χ2n) is 13.6. The number of fused-ring (bicyclic) bond motifs is 5. The molecule has 0 radical (unpaired) electrons. The van der Waals surface area contributed by atoms with Gasteiger partial charge in [0.05, 0.1) is 11.8 Å². The third kappa shape index (κ3) is 4.31. The Kier molecular flexibility index (Phi) is 6.29. The van der Waals surface area contributed by atoms with Gasteiger partial charge in [-0.2, -0.15) is 9.90 Å². The van der Waals surface area contributed by atoms with E-state index in [4.69, 9.17) is 0 Å². The van der Waals surface area contributed by atoms with Gasteiger partial charge in [0.15, 0.2) is 11.5 Å². The molecule has 0 spiro atoms. The molecule has 7 heteroatoms. The van der Waals surface area contributed by atoms with E-state index < -0.39 is 5.60 Å². The summed E-state index contributed by atoms with van der Waals surface area (Å²) in [4.78, 5) is 27.6. The van der Waals surface area contributed by atoms with Crippen molar-refractivity contribution < 1.29 is 14.7 Å². The lowest BCUT2D eigenvalue weighted by Gasteiger charge is -2.61. The average molecular weight is 519 g/mol. The van der Waals surface area contributed by atoms with Gasteiger partial charge in [-0.25, -0.2) is 0 Å². The lowest BCUT2D eigenvalue weighted by atomic mass is 9.44. The molecule has 0 aliphatic heterocycles. The molecule has 1 aromatic carbocycles. The van der Waals surface area contributed by atoms with Crippen LogP contribution in [0.3, 0.4) is 0 Å². The SMILES string of the molecule is C[C@@]1(O)CC[C@@]2(C)[C@H](CC[C@@H]3[C@@H]2CC[C@]2(C)[C@@H](C(=O)Cn4ncc(C(=O)Nc5ccccc5)n4)CC[C@@H]32)C1. The molecule has 0 saturated heterocycles. The zero-order valence-corrected chi connectivity index (χ0v) is 23.0. The van der Waals surface area contributed by atoms with Crippen LogP contribution in [0.15, 0.2) is 36.5 Å². The average Bonchev–Trinajstić information content (AvgIpc) is 3.49. The molecule has 4 saturated carbocycles. The molecule has 4 aliphatic rings. The summed E-state index contributed by atoms with van der Waals surface area (Å²) in [6.07, 6.45) is 11.2. The number of hydrogen-bond donors (Lipinski definition) is 2. The lowest BCUT2D eigenvalue weighted by molar-refractivity contribution is -0.151. The van der Waals surface area contributed by atoms with Crippen LogP contribution in [0.2, 0.25) is 0 Å². The van der Waals surface area contributed by atoms with Crippen molar-refractivity contribution in [3.8, 4) is 0 Å². The van der Waals surface area contributed by atoms with Gasteiger partial charge >= 0.3 is 0 Å². The van der Waals surface area contributed by atoms with Gasteiger partial charge in [0, 0.05) is 11.6 Å². The Balaban J connectivity index is 1.12. The quantitative estimate of drug-likeness (QED) is 0.544. The normalized spacial score (nSPS) is 40.1. The minimum Gasteiger partial charge on any atom is -0.390 e. The molecule has 4 aliphatic carbocycles. The largest absolute Gasteiger partial charge is 0.390 e. The number of para-hydroxylation sites is 1. The van der Waals surface area contributed by atoms with Crippen LogP contribution in [0.25, 0.3) is 0 Å². The number of carbonyl (C=O) groups excluding carboxylic acids is 2. The number of Topliss-reactive ketones (excluding diaryl/α,β-unsaturated/α-hetero) is 1. The fraction of sp³-hybridized carbons (Fsp3) is 0.677. The maximum absolute atomic E-state index is 13.6. The van der Waals surface area contributed by atoms with Crippen molar-refractivity contribution in [1.82, 2.24) is 15.0 Å². The molecule has 6 rings (SSSR count). The summed E-state index contributed by atoms with van der Waals surface area (Å²) in [5.41, 5.74) is 0.763. The number of nitrogens with zero attached hydrogens (tertiary/aromatic N) is 3. The molecule has 4 fully saturated rings. The van der Waals surface area contributed by atoms with E-state index >= 15 is 0 Å². The van der Waals surface area contributed by atoms with E-state index in [0.717, 1.165) is 38.5 Å². The van der Waals surface area contributed by atoms with Gasteiger partial charge in [-0.3, -0.25) is 9.59 Å². The van der Waals surface area contributed by atoms with Crippen LogP contribution in [0.4, 0.5) is 5.69 Å². The van der Waals surface area contributed by atoms with Crippen molar-refractivity contribution in [1.29, 1.82) is 0 Å². The van der Waals surface area contributed by atoms with Crippen LogP contribution in [0.5, 0.6) is 0 Å². The summed E-state index contributed by atoms with van der Waals surface area (Å²) in [5, 5.41) is 22.2.